The Balaban J connectivity index is 1.40. The summed E-state index contributed by atoms with van der Waals surface area (Å²) in [6.07, 6.45) is 3.98. The molecule has 0 radical (unpaired) electrons. The van der Waals surface area contributed by atoms with Crippen LogP contribution in [0, 0.1) is 0 Å². The highest BCUT2D eigenvalue weighted by atomic mass is 32.1. The van der Waals surface area contributed by atoms with Gasteiger partial charge >= 0.3 is 0 Å². The van der Waals surface area contributed by atoms with Gasteiger partial charge in [-0.2, -0.15) is 0 Å². The summed E-state index contributed by atoms with van der Waals surface area (Å²) in [7, 11) is 0. The Morgan fingerprint density at radius 1 is 1.21 bits per heavy atom. The highest BCUT2D eigenvalue weighted by molar-refractivity contribution is 7.18. The molecule has 0 saturated carbocycles. The summed E-state index contributed by atoms with van der Waals surface area (Å²) < 4.78 is 1.99. The van der Waals surface area contributed by atoms with E-state index >= 15 is 0 Å². The molecule has 0 saturated heterocycles. The van der Waals surface area contributed by atoms with Crippen molar-refractivity contribution in [2.45, 2.75) is 19.5 Å². The van der Waals surface area contributed by atoms with Crippen LogP contribution >= 0.6 is 22.7 Å². The maximum Gasteiger partial charge on any atom is 0.260 e. The van der Waals surface area contributed by atoms with Crippen molar-refractivity contribution in [1.29, 1.82) is 0 Å². The van der Waals surface area contributed by atoms with E-state index in [4.69, 9.17) is 4.98 Å². The Morgan fingerprint density at radius 3 is 2.96 bits per heavy atom. The Labute approximate surface area is 168 Å². The Kier molecular flexibility index (Phi) is 4.31. The van der Waals surface area contributed by atoms with Crippen LogP contribution in [0.5, 0.6) is 0 Å². The summed E-state index contributed by atoms with van der Waals surface area (Å²) in [5, 5.41) is 8.10. The first-order valence-corrected chi connectivity index (χ1v) is 10.7. The molecule has 140 valence electrons. The fraction of sp³-hybridized carbons (Fsp3) is 0.150. The Morgan fingerprint density at radius 2 is 2.14 bits per heavy atom. The minimum absolute atomic E-state index is 0.0916. The van der Waals surface area contributed by atoms with E-state index in [9.17, 15) is 4.79 Å². The number of hydrogen-bond donors (Lipinski definition) is 2. The number of fused-ring (bicyclic) bond motifs is 2. The third-order valence-electron chi connectivity index (χ3n) is 4.66. The van der Waals surface area contributed by atoms with Crippen LogP contribution in [0.4, 0.5) is 0 Å². The van der Waals surface area contributed by atoms with Crippen LogP contribution in [0.2, 0.25) is 0 Å². The number of nitrogens with one attached hydrogen (secondary N) is 2. The van der Waals surface area contributed by atoms with Gasteiger partial charge in [0.05, 0.1) is 17.1 Å². The Bertz CT molecular complexity index is 1280. The number of aromatic nitrogens is 4. The molecule has 6 nitrogen and oxygen atoms in total. The quantitative estimate of drug-likeness (QED) is 0.458. The molecule has 0 aliphatic heterocycles. The van der Waals surface area contributed by atoms with Crippen molar-refractivity contribution in [1.82, 2.24) is 24.7 Å². The second-order valence-electron chi connectivity index (χ2n) is 6.56. The summed E-state index contributed by atoms with van der Waals surface area (Å²) in [4.78, 5) is 26.8. The number of imidazole rings is 1. The van der Waals surface area contributed by atoms with Gasteiger partial charge in [0, 0.05) is 34.8 Å². The number of aromatic amines is 1. The number of rotatable bonds is 5. The molecule has 8 heteroatoms. The van der Waals surface area contributed by atoms with Gasteiger partial charge < -0.3 is 14.7 Å². The summed E-state index contributed by atoms with van der Waals surface area (Å²) in [5.41, 5.74) is 2.73. The second-order valence-corrected chi connectivity index (χ2v) is 8.36. The first kappa shape index (κ1) is 17.3. The van der Waals surface area contributed by atoms with Crippen LogP contribution in [0.25, 0.3) is 26.3 Å². The molecule has 0 aliphatic carbocycles. The smallest absolute Gasteiger partial charge is 0.260 e. The number of H-pyrrole nitrogens is 1. The predicted octanol–water partition coefficient (Wildman–Crippen LogP) is 4.21. The third-order valence-corrected chi connectivity index (χ3v) is 6.44. The van der Waals surface area contributed by atoms with E-state index in [0.717, 1.165) is 26.6 Å². The molecule has 5 aromatic heterocycles. The summed E-state index contributed by atoms with van der Waals surface area (Å²) in [6.45, 7) is 2.59. The van der Waals surface area contributed by atoms with Crippen molar-refractivity contribution in [3.63, 3.8) is 0 Å². The molecule has 5 rings (SSSR count). The normalized spacial score (nSPS) is 12.8. The van der Waals surface area contributed by atoms with Crippen molar-refractivity contribution in [2.24, 2.45) is 0 Å². The average Bonchev–Trinajstić information content (AvgIpc) is 3.43. The minimum Gasteiger partial charge on any atom is -0.309 e. The first-order chi connectivity index (χ1) is 13.7. The average molecular weight is 408 g/mol. The highest BCUT2D eigenvalue weighted by Crippen LogP contribution is 2.33. The standard InChI is InChI=1S/C20H17N5OS2/c1-12(21-9-13-10-25-7-3-2-6-16(25)22-13)18-23-19(26)17-14(11-28-20(17)24-18)15-5-4-8-27-15/h2-8,10-12,21H,9H2,1H3,(H,23,24,26)/t12-/m0/s1. The molecular weight excluding hydrogens is 390 g/mol. The number of hydrogen-bond acceptors (Lipinski definition) is 6. The minimum atomic E-state index is -0.103. The van der Waals surface area contributed by atoms with Gasteiger partial charge in [-0.3, -0.25) is 4.79 Å². The van der Waals surface area contributed by atoms with Crippen LogP contribution in [-0.4, -0.2) is 19.4 Å². The fourth-order valence-corrected chi connectivity index (χ4v) is 4.98. The summed E-state index contributed by atoms with van der Waals surface area (Å²) in [5.74, 6) is 0.640. The van der Waals surface area contributed by atoms with E-state index < -0.39 is 0 Å². The predicted molar refractivity (Wildman–Crippen MR) is 114 cm³/mol. The summed E-state index contributed by atoms with van der Waals surface area (Å²) >= 11 is 3.13. The third kappa shape index (κ3) is 3.05. The molecule has 0 spiro atoms. The largest absolute Gasteiger partial charge is 0.309 e. The molecule has 0 aromatic carbocycles. The van der Waals surface area contributed by atoms with Crippen molar-refractivity contribution in [3.05, 3.63) is 75.4 Å². The van der Waals surface area contributed by atoms with Crippen LogP contribution in [0.3, 0.4) is 0 Å². The summed E-state index contributed by atoms with van der Waals surface area (Å²) in [6, 6.07) is 9.83. The van der Waals surface area contributed by atoms with Crippen molar-refractivity contribution < 1.29 is 0 Å². The zero-order chi connectivity index (χ0) is 19.1. The maximum atomic E-state index is 12.7. The van der Waals surface area contributed by atoms with Crippen molar-refractivity contribution in [3.8, 4) is 10.4 Å². The van der Waals surface area contributed by atoms with Crippen LogP contribution in [0.15, 0.2) is 58.3 Å². The van der Waals surface area contributed by atoms with E-state index in [2.05, 4.69) is 15.3 Å². The van der Waals surface area contributed by atoms with Gasteiger partial charge in [0.1, 0.15) is 16.3 Å². The number of nitrogens with zero attached hydrogens (tertiary/aromatic N) is 3. The van der Waals surface area contributed by atoms with Gasteiger partial charge in [-0.15, -0.1) is 22.7 Å². The highest BCUT2D eigenvalue weighted by Gasteiger charge is 2.16. The van der Waals surface area contributed by atoms with Gasteiger partial charge in [-0.1, -0.05) is 12.1 Å². The number of pyridine rings is 1. The molecule has 28 heavy (non-hydrogen) atoms. The van der Waals surface area contributed by atoms with E-state index in [0.29, 0.717) is 17.8 Å². The van der Waals surface area contributed by atoms with Gasteiger partial charge in [0.2, 0.25) is 0 Å². The first-order valence-electron chi connectivity index (χ1n) is 8.90. The van der Waals surface area contributed by atoms with Gasteiger partial charge in [0.25, 0.3) is 5.56 Å². The molecule has 1 atom stereocenters. The molecular formula is C20H17N5OS2. The SMILES string of the molecule is C[C@H](NCc1cn2ccccc2n1)c1nc2scc(-c3cccs3)c2c(=O)[nH]1. The van der Waals surface area contributed by atoms with Crippen LogP contribution < -0.4 is 10.9 Å². The second kappa shape index (κ2) is 6.97. The van der Waals surface area contributed by atoms with Gasteiger partial charge in [0.15, 0.2) is 0 Å². The lowest BCUT2D eigenvalue weighted by Crippen LogP contribution is -2.23. The molecule has 5 aromatic rings. The van der Waals surface area contributed by atoms with Gasteiger partial charge in [-0.05, 0) is 30.5 Å². The zero-order valence-electron chi connectivity index (χ0n) is 15.0. The lowest BCUT2D eigenvalue weighted by atomic mass is 10.2. The molecule has 2 N–H and O–H groups in total. The van der Waals surface area contributed by atoms with E-state index in [1.807, 2.05) is 64.8 Å². The van der Waals surface area contributed by atoms with E-state index in [1.54, 1.807) is 11.3 Å². The molecule has 0 amide bonds. The fourth-order valence-electron chi connectivity index (χ4n) is 3.21. The molecule has 0 aliphatic rings. The molecule has 0 bridgehead atoms. The lowest BCUT2D eigenvalue weighted by Gasteiger charge is -2.12. The Hall–Kier alpha value is -2.81. The zero-order valence-corrected chi connectivity index (χ0v) is 16.7. The maximum absolute atomic E-state index is 12.7. The lowest BCUT2D eigenvalue weighted by molar-refractivity contribution is 0.542. The van der Waals surface area contributed by atoms with Crippen LogP contribution in [-0.2, 0) is 6.54 Å². The van der Waals surface area contributed by atoms with E-state index in [1.165, 1.54) is 11.3 Å². The van der Waals surface area contributed by atoms with Crippen molar-refractivity contribution in [2.75, 3.05) is 0 Å². The van der Waals surface area contributed by atoms with E-state index in [-0.39, 0.29) is 11.6 Å². The molecule has 0 fully saturated rings. The number of thiophene rings is 2. The monoisotopic (exact) mass is 407 g/mol. The molecule has 5 heterocycles. The van der Waals surface area contributed by atoms with Gasteiger partial charge in [-0.25, -0.2) is 9.97 Å². The topological polar surface area (TPSA) is 75.1 Å². The molecule has 0 unspecified atom stereocenters. The van der Waals surface area contributed by atoms with Crippen molar-refractivity contribution >= 4 is 38.5 Å². The van der Waals surface area contributed by atoms with Crippen LogP contribution in [0.1, 0.15) is 24.5 Å².